The summed E-state index contributed by atoms with van der Waals surface area (Å²) >= 11 is 0. The van der Waals surface area contributed by atoms with E-state index in [1.807, 2.05) is 9.80 Å². The SMILES string of the molecule is CC(C)CN(CC(C)C)C(=O)N1CCCC1. The van der Waals surface area contributed by atoms with E-state index in [-0.39, 0.29) is 6.03 Å². The van der Waals surface area contributed by atoms with Crippen LogP contribution in [0.4, 0.5) is 4.79 Å². The summed E-state index contributed by atoms with van der Waals surface area (Å²) in [6.45, 7) is 12.3. The Morgan fingerprint density at radius 1 is 1.06 bits per heavy atom. The topological polar surface area (TPSA) is 23.6 Å². The minimum absolute atomic E-state index is 0.250. The van der Waals surface area contributed by atoms with Crippen molar-refractivity contribution in [3.8, 4) is 0 Å². The van der Waals surface area contributed by atoms with E-state index < -0.39 is 0 Å². The van der Waals surface area contributed by atoms with Crippen LogP contribution in [0.5, 0.6) is 0 Å². The lowest BCUT2D eigenvalue weighted by Gasteiger charge is -2.30. The number of urea groups is 1. The molecule has 0 bridgehead atoms. The monoisotopic (exact) mass is 226 g/mol. The molecule has 0 saturated carbocycles. The molecule has 0 radical (unpaired) electrons. The third kappa shape index (κ3) is 4.03. The molecule has 94 valence electrons. The third-order valence-corrected chi connectivity index (χ3v) is 2.82. The number of nitrogens with zero attached hydrogens (tertiary/aromatic N) is 2. The van der Waals surface area contributed by atoms with Crippen LogP contribution in [0.1, 0.15) is 40.5 Å². The van der Waals surface area contributed by atoms with Crippen LogP contribution < -0.4 is 0 Å². The van der Waals surface area contributed by atoms with E-state index in [4.69, 9.17) is 0 Å². The Bertz CT molecular complexity index is 210. The van der Waals surface area contributed by atoms with Crippen molar-refractivity contribution in [1.29, 1.82) is 0 Å². The zero-order valence-electron chi connectivity index (χ0n) is 11.2. The Kier molecular flexibility index (Phi) is 5.10. The maximum Gasteiger partial charge on any atom is 0.320 e. The zero-order valence-corrected chi connectivity index (χ0v) is 11.2. The lowest BCUT2D eigenvalue weighted by Crippen LogP contribution is -2.45. The summed E-state index contributed by atoms with van der Waals surface area (Å²) in [7, 11) is 0. The van der Waals surface area contributed by atoms with E-state index in [1.54, 1.807) is 0 Å². The van der Waals surface area contributed by atoms with Gasteiger partial charge in [0.05, 0.1) is 0 Å². The molecule has 0 aliphatic carbocycles. The second-order valence-electron chi connectivity index (χ2n) is 5.67. The molecule has 2 amide bonds. The maximum atomic E-state index is 12.3. The molecule has 0 unspecified atom stereocenters. The Morgan fingerprint density at radius 3 is 1.88 bits per heavy atom. The van der Waals surface area contributed by atoms with Gasteiger partial charge in [0.15, 0.2) is 0 Å². The van der Waals surface area contributed by atoms with Crippen LogP contribution in [0, 0.1) is 11.8 Å². The van der Waals surface area contributed by atoms with Crippen molar-refractivity contribution in [2.45, 2.75) is 40.5 Å². The molecule has 1 aliphatic heterocycles. The van der Waals surface area contributed by atoms with Crippen LogP contribution in [0.2, 0.25) is 0 Å². The molecule has 1 saturated heterocycles. The molecule has 16 heavy (non-hydrogen) atoms. The van der Waals surface area contributed by atoms with Crippen molar-refractivity contribution >= 4 is 6.03 Å². The van der Waals surface area contributed by atoms with Gasteiger partial charge in [-0.2, -0.15) is 0 Å². The van der Waals surface area contributed by atoms with Gasteiger partial charge in [-0.15, -0.1) is 0 Å². The maximum absolute atomic E-state index is 12.3. The first kappa shape index (κ1) is 13.3. The summed E-state index contributed by atoms with van der Waals surface area (Å²) in [5.74, 6) is 1.09. The predicted molar refractivity (Wildman–Crippen MR) is 67.5 cm³/mol. The molecule has 1 rings (SSSR count). The summed E-state index contributed by atoms with van der Waals surface area (Å²) in [5.41, 5.74) is 0. The van der Waals surface area contributed by atoms with Crippen molar-refractivity contribution in [1.82, 2.24) is 9.80 Å². The summed E-state index contributed by atoms with van der Waals surface area (Å²) in [4.78, 5) is 16.3. The lowest BCUT2D eigenvalue weighted by molar-refractivity contribution is 0.150. The lowest BCUT2D eigenvalue weighted by atomic mass is 10.1. The van der Waals surface area contributed by atoms with Crippen LogP contribution in [-0.2, 0) is 0 Å². The minimum atomic E-state index is 0.250. The van der Waals surface area contributed by atoms with E-state index in [9.17, 15) is 4.79 Å². The fraction of sp³-hybridized carbons (Fsp3) is 0.923. The zero-order chi connectivity index (χ0) is 12.1. The fourth-order valence-electron chi connectivity index (χ4n) is 2.22. The van der Waals surface area contributed by atoms with Gasteiger partial charge in [0.25, 0.3) is 0 Å². The molecule has 0 aromatic heterocycles. The standard InChI is InChI=1S/C13H26N2O/c1-11(2)9-15(10-12(3)4)13(16)14-7-5-6-8-14/h11-12H,5-10H2,1-4H3. The largest absolute Gasteiger partial charge is 0.325 e. The quantitative estimate of drug-likeness (QED) is 0.723. The Balaban J connectivity index is 2.55. The van der Waals surface area contributed by atoms with Gasteiger partial charge in [0, 0.05) is 26.2 Å². The Labute approximate surface area is 99.8 Å². The molecule has 0 aromatic carbocycles. The number of rotatable bonds is 4. The van der Waals surface area contributed by atoms with E-state index >= 15 is 0 Å². The molecular formula is C13H26N2O. The van der Waals surface area contributed by atoms with E-state index in [1.165, 1.54) is 12.8 Å². The molecule has 1 aliphatic rings. The third-order valence-electron chi connectivity index (χ3n) is 2.82. The smallest absolute Gasteiger partial charge is 0.320 e. The van der Waals surface area contributed by atoms with Gasteiger partial charge < -0.3 is 9.80 Å². The van der Waals surface area contributed by atoms with Crippen molar-refractivity contribution in [2.24, 2.45) is 11.8 Å². The molecule has 0 N–H and O–H groups in total. The van der Waals surface area contributed by atoms with Crippen LogP contribution in [0.3, 0.4) is 0 Å². The first-order valence-electron chi connectivity index (χ1n) is 6.54. The number of likely N-dealkylation sites (tertiary alicyclic amines) is 1. The van der Waals surface area contributed by atoms with Crippen LogP contribution in [-0.4, -0.2) is 42.0 Å². The van der Waals surface area contributed by atoms with E-state index in [0.717, 1.165) is 26.2 Å². The van der Waals surface area contributed by atoms with Crippen molar-refractivity contribution in [3.05, 3.63) is 0 Å². The number of carbonyl (C=O) groups excluding carboxylic acids is 1. The normalized spacial score (nSPS) is 16.2. The van der Waals surface area contributed by atoms with Gasteiger partial charge in [-0.05, 0) is 24.7 Å². The first-order chi connectivity index (χ1) is 7.50. The predicted octanol–water partition coefficient (Wildman–Crippen LogP) is 2.82. The van der Waals surface area contributed by atoms with E-state index in [2.05, 4.69) is 27.7 Å². The molecule has 3 nitrogen and oxygen atoms in total. The highest BCUT2D eigenvalue weighted by Gasteiger charge is 2.24. The Morgan fingerprint density at radius 2 is 1.50 bits per heavy atom. The van der Waals surface area contributed by atoms with Gasteiger partial charge in [0.2, 0.25) is 0 Å². The summed E-state index contributed by atoms with van der Waals surface area (Å²) in [6.07, 6.45) is 2.34. The van der Waals surface area contributed by atoms with Crippen molar-refractivity contribution in [3.63, 3.8) is 0 Å². The van der Waals surface area contributed by atoms with Crippen LogP contribution in [0.15, 0.2) is 0 Å². The molecule has 0 atom stereocenters. The van der Waals surface area contributed by atoms with Crippen molar-refractivity contribution < 1.29 is 4.79 Å². The first-order valence-corrected chi connectivity index (χ1v) is 6.54. The summed E-state index contributed by atoms with van der Waals surface area (Å²) in [5, 5.41) is 0. The second-order valence-corrected chi connectivity index (χ2v) is 5.67. The Hall–Kier alpha value is -0.730. The highest BCUT2D eigenvalue weighted by molar-refractivity contribution is 5.74. The van der Waals surface area contributed by atoms with Gasteiger partial charge in [-0.25, -0.2) is 4.79 Å². The molecule has 0 spiro atoms. The highest BCUT2D eigenvalue weighted by Crippen LogP contribution is 2.13. The number of carbonyl (C=O) groups is 1. The molecule has 1 heterocycles. The number of hydrogen-bond donors (Lipinski definition) is 0. The molecule has 1 fully saturated rings. The number of amides is 2. The van der Waals surface area contributed by atoms with Crippen molar-refractivity contribution in [2.75, 3.05) is 26.2 Å². The van der Waals surface area contributed by atoms with Crippen LogP contribution >= 0.6 is 0 Å². The molecular weight excluding hydrogens is 200 g/mol. The summed E-state index contributed by atoms with van der Waals surface area (Å²) in [6, 6.07) is 0.250. The van der Waals surface area contributed by atoms with Crippen LogP contribution in [0.25, 0.3) is 0 Å². The average Bonchev–Trinajstić information content (AvgIpc) is 2.66. The average molecular weight is 226 g/mol. The van der Waals surface area contributed by atoms with Gasteiger partial charge in [0.1, 0.15) is 0 Å². The molecule has 0 aromatic rings. The van der Waals surface area contributed by atoms with Gasteiger partial charge in [-0.1, -0.05) is 27.7 Å². The second kappa shape index (κ2) is 6.12. The highest BCUT2D eigenvalue weighted by atomic mass is 16.2. The van der Waals surface area contributed by atoms with E-state index in [0.29, 0.717) is 11.8 Å². The molecule has 3 heteroatoms. The summed E-state index contributed by atoms with van der Waals surface area (Å²) < 4.78 is 0. The fourth-order valence-corrected chi connectivity index (χ4v) is 2.22. The van der Waals surface area contributed by atoms with Gasteiger partial charge in [-0.3, -0.25) is 0 Å². The minimum Gasteiger partial charge on any atom is -0.325 e. The van der Waals surface area contributed by atoms with Gasteiger partial charge >= 0.3 is 6.03 Å². The number of hydrogen-bond acceptors (Lipinski definition) is 1.